The summed E-state index contributed by atoms with van der Waals surface area (Å²) in [6.45, 7) is 0.380. The second-order valence-corrected chi connectivity index (χ2v) is 5.71. The van der Waals surface area contributed by atoms with Gasteiger partial charge in [0, 0.05) is 12.3 Å². The minimum atomic E-state index is -1.30. The second kappa shape index (κ2) is 11.2. The second-order valence-electron chi connectivity index (χ2n) is 4.68. The van der Waals surface area contributed by atoms with Gasteiger partial charge in [-0.25, -0.2) is 4.79 Å². The van der Waals surface area contributed by atoms with Crippen molar-refractivity contribution in [1.29, 1.82) is 0 Å². The van der Waals surface area contributed by atoms with Gasteiger partial charge in [0.2, 0.25) is 5.91 Å². The first-order chi connectivity index (χ1) is 11.1. The molecule has 0 aromatic carbocycles. The third-order valence-corrected chi connectivity index (χ3v) is 3.60. The van der Waals surface area contributed by atoms with Crippen molar-refractivity contribution in [3.63, 3.8) is 0 Å². The summed E-state index contributed by atoms with van der Waals surface area (Å²) >= 11 is 1.08. The largest absolute Gasteiger partial charge is 0.480 e. The van der Waals surface area contributed by atoms with E-state index in [4.69, 9.17) is 15.9 Å². The summed E-state index contributed by atoms with van der Waals surface area (Å²) in [5.41, 5.74) is 5.22. The van der Waals surface area contributed by atoms with Gasteiger partial charge in [-0.15, -0.1) is 0 Å². The predicted octanol–water partition coefficient (Wildman–Crippen LogP) is -2.41. The first kappa shape index (κ1) is 21.7. The summed E-state index contributed by atoms with van der Waals surface area (Å²) in [7, 11) is 0. The van der Waals surface area contributed by atoms with Crippen LogP contribution in [0.2, 0.25) is 0 Å². The van der Waals surface area contributed by atoms with Gasteiger partial charge in [-0.1, -0.05) is 0 Å². The molecular weight excluding hydrogens is 344 g/mol. The van der Waals surface area contributed by atoms with E-state index in [2.05, 4.69) is 16.0 Å². The number of hydrogen-bond acceptors (Lipinski definition) is 7. The molecule has 0 unspecified atom stereocenters. The maximum absolute atomic E-state index is 11.9. The molecule has 0 radical (unpaired) electrons. The lowest BCUT2D eigenvalue weighted by molar-refractivity contribution is -0.138. The molecule has 12 heteroatoms. The number of Topliss-reactive ketones (excluding diaryl/α,β-unsaturated/α-hetero) is 1. The highest BCUT2D eigenvalue weighted by Gasteiger charge is 2.22. The molecule has 0 aliphatic carbocycles. The van der Waals surface area contributed by atoms with Crippen LogP contribution in [0.1, 0.15) is 6.92 Å². The maximum Gasteiger partial charge on any atom is 0.322 e. The number of aliphatic carboxylic acids is 2. The Morgan fingerprint density at radius 1 is 1.12 bits per heavy atom. The van der Waals surface area contributed by atoms with E-state index in [0.717, 1.165) is 11.8 Å². The van der Waals surface area contributed by atoms with E-state index in [-0.39, 0.29) is 23.8 Å². The molecule has 0 fully saturated rings. The lowest BCUT2D eigenvalue weighted by Gasteiger charge is -2.18. The number of urea groups is 1. The van der Waals surface area contributed by atoms with Gasteiger partial charge in [0.15, 0.2) is 0 Å². The van der Waals surface area contributed by atoms with Gasteiger partial charge in [0.05, 0.1) is 5.75 Å². The van der Waals surface area contributed by atoms with Gasteiger partial charge in [0.1, 0.15) is 24.4 Å². The Morgan fingerprint density at radius 2 is 1.75 bits per heavy atom. The number of amides is 3. The van der Waals surface area contributed by atoms with Crippen LogP contribution in [0.3, 0.4) is 0 Å². The van der Waals surface area contributed by atoms with Crippen LogP contribution >= 0.6 is 11.8 Å². The fraction of sp³-hybridized carbons (Fsp3) is 0.583. The fourth-order valence-electron chi connectivity index (χ4n) is 1.29. The number of hydrogen-bond donors (Lipinski definition) is 6. The third kappa shape index (κ3) is 10.4. The predicted molar refractivity (Wildman–Crippen MR) is 84.6 cm³/mol. The quantitative estimate of drug-likeness (QED) is 0.232. The summed E-state index contributed by atoms with van der Waals surface area (Å²) in [5, 5.41) is 23.7. The molecule has 0 saturated heterocycles. The van der Waals surface area contributed by atoms with Crippen molar-refractivity contribution in [3.05, 3.63) is 0 Å². The molecule has 0 bridgehead atoms. The highest BCUT2D eigenvalue weighted by atomic mass is 32.2. The first-order valence-electron chi connectivity index (χ1n) is 6.73. The number of carboxylic acids is 2. The summed E-state index contributed by atoms with van der Waals surface area (Å²) in [5.74, 6) is -3.27. The average Bonchev–Trinajstić information content (AvgIpc) is 2.48. The van der Waals surface area contributed by atoms with Gasteiger partial charge in [0.25, 0.3) is 0 Å². The van der Waals surface area contributed by atoms with Crippen LogP contribution < -0.4 is 21.7 Å². The minimum absolute atomic E-state index is 0.0312. The molecule has 0 aliphatic heterocycles. The Balaban J connectivity index is 4.57. The highest BCUT2D eigenvalue weighted by molar-refractivity contribution is 8.00. The van der Waals surface area contributed by atoms with E-state index in [1.807, 2.05) is 0 Å². The van der Waals surface area contributed by atoms with E-state index >= 15 is 0 Å². The topological polar surface area (TPSA) is 188 Å². The molecule has 11 nitrogen and oxygen atoms in total. The number of carbonyl (C=O) groups is 5. The Kier molecular flexibility index (Phi) is 10.1. The molecule has 3 amide bonds. The van der Waals surface area contributed by atoms with Crippen LogP contribution in [0.15, 0.2) is 0 Å². The van der Waals surface area contributed by atoms with Crippen molar-refractivity contribution in [3.8, 4) is 0 Å². The van der Waals surface area contributed by atoms with Crippen molar-refractivity contribution in [2.45, 2.75) is 19.0 Å². The van der Waals surface area contributed by atoms with Gasteiger partial charge >= 0.3 is 18.0 Å². The molecule has 0 spiro atoms. The molecule has 0 aromatic heterocycles. The summed E-state index contributed by atoms with van der Waals surface area (Å²) in [6.07, 6.45) is 0. The molecule has 0 heterocycles. The third-order valence-electron chi connectivity index (χ3n) is 2.43. The Bertz CT molecular complexity index is 500. The van der Waals surface area contributed by atoms with E-state index in [9.17, 15) is 24.0 Å². The van der Waals surface area contributed by atoms with Crippen molar-refractivity contribution in [1.82, 2.24) is 16.0 Å². The lowest BCUT2D eigenvalue weighted by atomic mass is 10.3. The monoisotopic (exact) mass is 364 g/mol. The lowest BCUT2D eigenvalue weighted by Crippen LogP contribution is -2.54. The van der Waals surface area contributed by atoms with Crippen molar-refractivity contribution in [2.75, 3.05) is 24.6 Å². The van der Waals surface area contributed by atoms with E-state index < -0.39 is 42.5 Å². The molecule has 0 aromatic rings. The average molecular weight is 364 g/mol. The van der Waals surface area contributed by atoms with Gasteiger partial charge in [-0.3, -0.25) is 19.2 Å². The van der Waals surface area contributed by atoms with Gasteiger partial charge in [-0.05, 0) is 6.92 Å². The van der Waals surface area contributed by atoms with Crippen LogP contribution in [-0.4, -0.2) is 76.6 Å². The van der Waals surface area contributed by atoms with Crippen LogP contribution in [0, 0.1) is 0 Å². The number of ketones is 1. The minimum Gasteiger partial charge on any atom is -0.480 e. The summed E-state index contributed by atoms with van der Waals surface area (Å²) in [6, 6.07) is -3.25. The Labute approximate surface area is 141 Å². The zero-order valence-corrected chi connectivity index (χ0v) is 13.7. The number of rotatable bonds is 11. The highest BCUT2D eigenvalue weighted by Crippen LogP contribution is 2.03. The molecule has 136 valence electrons. The molecule has 0 rings (SSSR count). The SMILES string of the molecule is CC(=O)CSC[C@H](NC(=O)NC[C@H](N)C(=O)O)C(=O)NCC(=O)O. The van der Waals surface area contributed by atoms with Crippen molar-refractivity contribution in [2.24, 2.45) is 5.73 Å². The number of nitrogens with one attached hydrogen (secondary N) is 3. The number of carboxylic acid groups (broad SMARTS) is 2. The molecule has 0 saturated carbocycles. The Hall–Kier alpha value is -2.34. The maximum atomic E-state index is 11.9. The zero-order chi connectivity index (χ0) is 18.7. The van der Waals surface area contributed by atoms with Crippen LogP contribution in [0.25, 0.3) is 0 Å². The normalized spacial score (nSPS) is 12.6. The standard InChI is InChI=1S/C12H20N4O7S/c1-6(17)4-24-5-8(10(20)14-3-9(18)19)16-12(23)15-2-7(13)11(21)22/h7-8H,2-5,13H2,1H3,(H,14,20)(H,18,19)(H,21,22)(H2,15,16,23)/t7-,8-/m0/s1. The molecule has 0 aliphatic rings. The van der Waals surface area contributed by atoms with Crippen LogP contribution in [-0.2, 0) is 19.2 Å². The van der Waals surface area contributed by atoms with Crippen LogP contribution in [0.5, 0.6) is 0 Å². The molecular formula is C12H20N4O7S. The number of nitrogens with two attached hydrogens (primary N) is 1. The first-order valence-corrected chi connectivity index (χ1v) is 7.88. The van der Waals surface area contributed by atoms with Gasteiger partial charge in [-0.2, -0.15) is 11.8 Å². The molecule has 2 atom stereocenters. The number of carbonyl (C=O) groups excluding carboxylic acids is 3. The zero-order valence-electron chi connectivity index (χ0n) is 12.9. The Morgan fingerprint density at radius 3 is 2.25 bits per heavy atom. The summed E-state index contributed by atoms with van der Waals surface area (Å²) in [4.78, 5) is 55.5. The summed E-state index contributed by atoms with van der Waals surface area (Å²) < 4.78 is 0. The van der Waals surface area contributed by atoms with E-state index in [1.165, 1.54) is 6.92 Å². The van der Waals surface area contributed by atoms with Crippen molar-refractivity contribution < 1.29 is 34.2 Å². The van der Waals surface area contributed by atoms with E-state index in [1.54, 1.807) is 0 Å². The van der Waals surface area contributed by atoms with Crippen molar-refractivity contribution >= 4 is 41.4 Å². The number of thioether (sulfide) groups is 1. The fourth-order valence-corrected chi connectivity index (χ4v) is 2.16. The smallest absolute Gasteiger partial charge is 0.322 e. The molecule has 7 N–H and O–H groups in total. The van der Waals surface area contributed by atoms with Gasteiger partial charge < -0.3 is 31.9 Å². The van der Waals surface area contributed by atoms with Crippen LogP contribution in [0.4, 0.5) is 4.79 Å². The van der Waals surface area contributed by atoms with E-state index in [0.29, 0.717) is 0 Å². The molecule has 24 heavy (non-hydrogen) atoms.